The summed E-state index contributed by atoms with van der Waals surface area (Å²) in [5.74, 6) is 0.582. The first-order chi connectivity index (χ1) is 12.4. The lowest BCUT2D eigenvalue weighted by Crippen LogP contribution is -2.11. The van der Waals surface area contributed by atoms with E-state index in [4.69, 9.17) is 4.74 Å². The number of benzene rings is 1. The zero-order valence-electron chi connectivity index (χ0n) is 14.0. The summed E-state index contributed by atoms with van der Waals surface area (Å²) in [6, 6.07) is 9.24. The van der Waals surface area contributed by atoms with Gasteiger partial charge in [-0.1, -0.05) is 6.07 Å². The second kappa shape index (κ2) is 6.99. The van der Waals surface area contributed by atoms with Gasteiger partial charge in [-0.3, -0.25) is 4.98 Å². The van der Waals surface area contributed by atoms with Crippen LogP contribution in [0.4, 0.5) is 24.7 Å². The minimum absolute atomic E-state index is 0.0368. The lowest BCUT2D eigenvalue weighted by atomic mass is 10.2. The number of rotatable bonds is 4. The van der Waals surface area contributed by atoms with E-state index in [1.54, 1.807) is 30.3 Å². The van der Waals surface area contributed by atoms with Gasteiger partial charge in [0.05, 0.1) is 7.11 Å². The lowest BCUT2D eigenvalue weighted by Gasteiger charge is -2.14. The first kappa shape index (κ1) is 17.7. The number of ether oxygens (including phenoxy) is 1. The van der Waals surface area contributed by atoms with Gasteiger partial charge >= 0.3 is 6.18 Å². The van der Waals surface area contributed by atoms with E-state index in [9.17, 15) is 13.2 Å². The molecule has 0 radical (unpaired) electrons. The summed E-state index contributed by atoms with van der Waals surface area (Å²) in [6.45, 7) is 1.83. The minimum Gasteiger partial charge on any atom is -0.497 e. The molecule has 0 saturated carbocycles. The molecule has 5 nitrogen and oxygen atoms in total. The Kier molecular flexibility index (Phi) is 4.75. The normalized spacial score (nSPS) is 11.3. The number of pyridine rings is 1. The smallest absolute Gasteiger partial charge is 0.433 e. The molecule has 0 amide bonds. The van der Waals surface area contributed by atoms with E-state index >= 15 is 0 Å². The molecular weight excluding hydrogens is 345 g/mol. The third-order valence-corrected chi connectivity index (χ3v) is 3.66. The number of nitrogens with zero attached hydrogens (tertiary/aromatic N) is 3. The van der Waals surface area contributed by atoms with Crippen LogP contribution in [-0.2, 0) is 6.18 Å². The topological polar surface area (TPSA) is 59.9 Å². The molecule has 134 valence electrons. The number of hydrogen-bond acceptors (Lipinski definition) is 5. The first-order valence-corrected chi connectivity index (χ1v) is 7.65. The fourth-order valence-corrected chi connectivity index (χ4v) is 2.29. The van der Waals surface area contributed by atoms with Crippen molar-refractivity contribution < 1.29 is 17.9 Å². The van der Waals surface area contributed by atoms with Crippen molar-refractivity contribution in [2.45, 2.75) is 13.1 Å². The molecule has 0 aliphatic carbocycles. The maximum Gasteiger partial charge on any atom is 0.433 e. The summed E-state index contributed by atoms with van der Waals surface area (Å²) in [4.78, 5) is 11.7. The molecule has 1 N–H and O–H groups in total. The number of hydrogen-bond donors (Lipinski definition) is 1. The molecule has 8 heteroatoms. The van der Waals surface area contributed by atoms with Crippen LogP contribution in [0.3, 0.4) is 0 Å². The number of anilines is 2. The fraction of sp³-hybridized carbons (Fsp3) is 0.167. The van der Waals surface area contributed by atoms with Gasteiger partial charge < -0.3 is 10.1 Å². The van der Waals surface area contributed by atoms with Gasteiger partial charge in [-0.05, 0) is 30.7 Å². The number of aromatic nitrogens is 3. The highest BCUT2D eigenvalue weighted by atomic mass is 19.4. The quantitative estimate of drug-likeness (QED) is 0.736. The van der Waals surface area contributed by atoms with Crippen molar-refractivity contribution in [3.05, 3.63) is 60.0 Å². The number of aryl methyl sites for hydroxylation is 1. The van der Waals surface area contributed by atoms with Crippen LogP contribution in [0.2, 0.25) is 0 Å². The Bertz CT molecular complexity index is 914. The Balaban J connectivity index is 2.07. The van der Waals surface area contributed by atoms with E-state index in [0.29, 0.717) is 17.0 Å². The molecule has 1 aromatic carbocycles. The fourth-order valence-electron chi connectivity index (χ4n) is 2.29. The zero-order valence-corrected chi connectivity index (χ0v) is 14.0. The van der Waals surface area contributed by atoms with Crippen LogP contribution in [0, 0.1) is 6.92 Å². The summed E-state index contributed by atoms with van der Waals surface area (Å²) in [5.41, 5.74) is 0.846. The Labute approximate surface area is 147 Å². The van der Waals surface area contributed by atoms with E-state index in [-0.39, 0.29) is 11.6 Å². The van der Waals surface area contributed by atoms with Crippen LogP contribution in [0.1, 0.15) is 11.3 Å². The number of methoxy groups -OCH3 is 1. The average molecular weight is 360 g/mol. The van der Waals surface area contributed by atoms with Gasteiger partial charge in [0, 0.05) is 35.8 Å². The standard InChI is InChI=1S/C18H15F3N4O/c1-11-3-4-13(26-2)9-14(11)23-16-10-15(18(19,20)21)24-17(25-16)12-5-7-22-8-6-12/h3-10H,1-2H3,(H,23,24,25). The summed E-state index contributed by atoms with van der Waals surface area (Å²) in [6.07, 6.45) is -1.65. The highest BCUT2D eigenvalue weighted by Gasteiger charge is 2.34. The number of alkyl halides is 3. The Hall–Kier alpha value is -3.16. The maximum absolute atomic E-state index is 13.2. The van der Waals surface area contributed by atoms with Crippen molar-refractivity contribution in [2.75, 3.05) is 12.4 Å². The molecular formula is C18H15F3N4O. The molecule has 3 aromatic rings. The van der Waals surface area contributed by atoms with E-state index in [1.165, 1.54) is 19.5 Å². The van der Waals surface area contributed by atoms with Crippen LogP contribution < -0.4 is 10.1 Å². The highest BCUT2D eigenvalue weighted by Crippen LogP contribution is 2.32. The summed E-state index contributed by atoms with van der Waals surface area (Å²) >= 11 is 0. The van der Waals surface area contributed by atoms with Crippen molar-refractivity contribution in [3.63, 3.8) is 0 Å². The second-order valence-electron chi connectivity index (χ2n) is 5.50. The van der Waals surface area contributed by atoms with E-state index in [1.807, 2.05) is 6.92 Å². The van der Waals surface area contributed by atoms with Gasteiger partial charge in [0.25, 0.3) is 0 Å². The van der Waals surface area contributed by atoms with E-state index < -0.39 is 11.9 Å². The molecule has 0 spiro atoms. The SMILES string of the molecule is COc1ccc(C)c(Nc2cc(C(F)(F)F)nc(-c3ccncc3)n2)c1. The highest BCUT2D eigenvalue weighted by molar-refractivity contribution is 5.65. The lowest BCUT2D eigenvalue weighted by molar-refractivity contribution is -0.141. The summed E-state index contributed by atoms with van der Waals surface area (Å²) in [7, 11) is 1.52. The summed E-state index contributed by atoms with van der Waals surface area (Å²) < 4.78 is 44.9. The molecule has 2 aromatic heterocycles. The molecule has 0 unspecified atom stereocenters. The molecule has 26 heavy (non-hydrogen) atoms. The van der Waals surface area contributed by atoms with Crippen molar-refractivity contribution >= 4 is 11.5 Å². The van der Waals surface area contributed by atoms with Crippen molar-refractivity contribution in [1.82, 2.24) is 15.0 Å². The third-order valence-electron chi connectivity index (χ3n) is 3.66. The van der Waals surface area contributed by atoms with Gasteiger partial charge in [-0.25, -0.2) is 9.97 Å². The number of nitrogens with one attached hydrogen (secondary N) is 1. The minimum atomic E-state index is -4.59. The molecule has 0 fully saturated rings. The van der Waals surface area contributed by atoms with Gasteiger partial charge in [0.15, 0.2) is 11.5 Å². The van der Waals surface area contributed by atoms with Crippen LogP contribution >= 0.6 is 0 Å². The van der Waals surface area contributed by atoms with Crippen LogP contribution in [0.15, 0.2) is 48.8 Å². The monoisotopic (exact) mass is 360 g/mol. The van der Waals surface area contributed by atoms with Gasteiger partial charge in [-0.15, -0.1) is 0 Å². The number of halogens is 3. The molecule has 0 aliphatic heterocycles. The Morgan fingerprint density at radius 1 is 1.00 bits per heavy atom. The molecule has 0 saturated heterocycles. The first-order valence-electron chi connectivity index (χ1n) is 7.65. The maximum atomic E-state index is 13.2. The summed E-state index contributed by atoms with van der Waals surface area (Å²) in [5, 5.41) is 2.92. The average Bonchev–Trinajstić information content (AvgIpc) is 2.63. The van der Waals surface area contributed by atoms with Crippen molar-refractivity contribution in [1.29, 1.82) is 0 Å². The third kappa shape index (κ3) is 3.90. The van der Waals surface area contributed by atoms with Gasteiger partial charge in [0.1, 0.15) is 11.6 Å². The van der Waals surface area contributed by atoms with Crippen LogP contribution in [0.5, 0.6) is 5.75 Å². The molecule has 0 atom stereocenters. The van der Waals surface area contributed by atoms with Crippen molar-refractivity contribution in [3.8, 4) is 17.1 Å². The van der Waals surface area contributed by atoms with Gasteiger partial charge in [0.2, 0.25) is 0 Å². The second-order valence-corrected chi connectivity index (χ2v) is 5.50. The molecule has 3 rings (SSSR count). The predicted octanol–water partition coefficient (Wildman–Crippen LogP) is 4.62. The van der Waals surface area contributed by atoms with Crippen LogP contribution in [-0.4, -0.2) is 22.1 Å². The molecule has 0 bridgehead atoms. The van der Waals surface area contributed by atoms with Gasteiger partial charge in [-0.2, -0.15) is 13.2 Å². The largest absolute Gasteiger partial charge is 0.497 e. The van der Waals surface area contributed by atoms with Crippen LogP contribution in [0.25, 0.3) is 11.4 Å². The van der Waals surface area contributed by atoms with E-state index in [0.717, 1.165) is 11.6 Å². The molecule has 2 heterocycles. The Morgan fingerprint density at radius 2 is 1.73 bits per heavy atom. The molecule has 0 aliphatic rings. The zero-order chi connectivity index (χ0) is 18.7. The van der Waals surface area contributed by atoms with Crippen molar-refractivity contribution in [2.24, 2.45) is 0 Å². The predicted molar refractivity (Wildman–Crippen MR) is 91.3 cm³/mol. The van der Waals surface area contributed by atoms with E-state index in [2.05, 4.69) is 20.3 Å². The Morgan fingerprint density at radius 3 is 2.38 bits per heavy atom.